The number of halogens is 3. The summed E-state index contributed by atoms with van der Waals surface area (Å²) < 4.78 is 38.0. The van der Waals surface area contributed by atoms with Crippen LogP contribution in [0.15, 0.2) is 78.9 Å². The molecule has 0 radical (unpaired) electrons. The number of amides is 2. The highest BCUT2D eigenvalue weighted by Gasteiger charge is 2.30. The lowest BCUT2D eigenvalue weighted by Crippen LogP contribution is -2.19. The van der Waals surface area contributed by atoms with Gasteiger partial charge in [-0.1, -0.05) is 24.3 Å². The van der Waals surface area contributed by atoms with Gasteiger partial charge in [-0.05, 0) is 78.6 Å². The van der Waals surface area contributed by atoms with E-state index in [1.165, 1.54) is 23.3 Å². The zero-order valence-corrected chi connectivity index (χ0v) is 18.0. The molecule has 0 spiro atoms. The molecule has 172 valence electrons. The standard InChI is InChI=1S/C26H21F3N4O/c27-26(28,29)18-7-9-19(10-8-18)30-25(34)31-20-11-13-22-17(15-20)6-14-24(32-22)33-23-12-5-16-3-1-2-4-21(16)23/h1-4,6-11,13-15,23H,5,12H2,(H,32,33)(H2,30,31,34). The summed E-state index contributed by atoms with van der Waals surface area (Å²) in [5.74, 6) is 0.787. The van der Waals surface area contributed by atoms with E-state index in [-0.39, 0.29) is 11.7 Å². The van der Waals surface area contributed by atoms with Crippen molar-refractivity contribution < 1.29 is 18.0 Å². The molecule has 0 saturated carbocycles. The van der Waals surface area contributed by atoms with Gasteiger partial charge in [-0.15, -0.1) is 0 Å². The molecule has 1 heterocycles. The molecule has 3 aromatic carbocycles. The van der Waals surface area contributed by atoms with E-state index >= 15 is 0 Å². The number of alkyl halides is 3. The Morgan fingerprint density at radius 1 is 0.882 bits per heavy atom. The SMILES string of the molecule is O=C(Nc1ccc(C(F)(F)F)cc1)Nc1ccc2nc(NC3CCc4ccccc43)ccc2c1. The van der Waals surface area contributed by atoms with Gasteiger partial charge in [-0.3, -0.25) is 0 Å². The lowest BCUT2D eigenvalue weighted by molar-refractivity contribution is -0.137. The van der Waals surface area contributed by atoms with Crippen LogP contribution < -0.4 is 16.0 Å². The van der Waals surface area contributed by atoms with Crippen LogP contribution >= 0.6 is 0 Å². The number of aryl methyl sites for hydroxylation is 1. The summed E-state index contributed by atoms with van der Waals surface area (Å²) in [5, 5.41) is 9.59. The second-order valence-corrected chi connectivity index (χ2v) is 8.19. The molecule has 4 aromatic rings. The molecular weight excluding hydrogens is 441 g/mol. The van der Waals surface area contributed by atoms with Crippen molar-refractivity contribution in [3.05, 3.63) is 95.6 Å². The fourth-order valence-corrected chi connectivity index (χ4v) is 4.21. The summed E-state index contributed by atoms with van der Waals surface area (Å²) in [5.41, 5.74) is 3.49. The summed E-state index contributed by atoms with van der Waals surface area (Å²) in [6.45, 7) is 0. The van der Waals surface area contributed by atoms with Crippen molar-refractivity contribution in [2.75, 3.05) is 16.0 Å². The summed E-state index contributed by atoms with van der Waals surface area (Å²) in [7, 11) is 0. The number of carbonyl (C=O) groups excluding carboxylic acids is 1. The lowest BCUT2D eigenvalue weighted by Gasteiger charge is -2.15. The predicted molar refractivity (Wildman–Crippen MR) is 127 cm³/mol. The number of anilines is 3. The minimum Gasteiger partial charge on any atom is -0.363 e. The largest absolute Gasteiger partial charge is 0.416 e. The van der Waals surface area contributed by atoms with E-state index < -0.39 is 17.8 Å². The molecule has 0 fully saturated rings. The lowest BCUT2D eigenvalue weighted by atomic mass is 10.1. The van der Waals surface area contributed by atoms with Gasteiger partial charge in [0, 0.05) is 16.8 Å². The van der Waals surface area contributed by atoms with Crippen LogP contribution in [0.25, 0.3) is 10.9 Å². The van der Waals surface area contributed by atoms with Gasteiger partial charge < -0.3 is 16.0 Å². The first-order valence-corrected chi connectivity index (χ1v) is 10.9. The monoisotopic (exact) mass is 462 g/mol. The number of benzene rings is 3. The Morgan fingerprint density at radius 3 is 2.41 bits per heavy atom. The molecule has 1 unspecified atom stereocenters. The Bertz CT molecular complexity index is 1350. The fourth-order valence-electron chi connectivity index (χ4n) is 4.21. The van der Waals surface area contributed by atoms with Crippen LogP contribution in [0.5, 0.6) is 0 Å². The number of hydrogen-bond acceptors (Lipinski definition) is 3. The van der Waals surface area contributed by atoms with Crippen LogP contribution in [0.2, 0.25) is 0 Å². The van der Waals surface area contributed by atoms with E-state index in [0.29, 0.717) is 5.69 Å². The molecule has 2 amide bonds. The number of carbonyl (C=O) groups is 1. The summed E-state index contributed by atoms with van der Waals surface area (Å²) in [6, 6.07) is 21.6. The van der Waals surface area contributed by atoms with Gasteiger partial charge in [-0.2, -0.15) is 13.2 Å². The highest BCUT2D eigenvalue weighted by molar-refractivity contribution is 6.01. The number of rotatable bonds is 4. The predicted octanol–water partition coefficient (Wildman–Crippen LogP) is 7.00. The first kappa shape index (κ1) is 21.8. The van der Waals surface area contributed by atoms with Crippen molar-refractivity contribution in [1.29, 1.82) is 0 Å². The summed E-state index contributed by atoms with van der Waals surface area (Å²) >= 11 is 0. The third-order valence-electron chi connectivity index (χ3n) is 5.87. The number of nitrogens with zero attached hydrogens (tertiary/aromatic N) is 1. The maximum absolute atomic E-state index is 12.7. The minimum atomic E-state index is -4.42. The van der Waals surface area contributed by atoms with Gasteiger partial charge >= 0.3 is 12.2 Å². The van der Waals surface area contributed by atoms with E-state index in [9.17, 15) is 18.0 Å². The highest BCUT2D eigenvalue weighted by Crippen LogP contribution is 2.34. The zero-order valence-electron chi connectivity index (χ0n) is 18.0. The number of nitrogens with one attached hydrogen (secondary N) is 3. The second-order valence-electron chi connectivity index (χ2n) is 8.19. The average Bonchev–Trinajstić information content (AvgIpc) is 3.22. The molecule has 8 heteroatoms. The molecule has 5 nitrogen and oxygen atoms in total. The minimum absolute atomic E-state index is 0.232. The van der Waals surface area contributed by atoms with Gasteiger partial charge in [0.1, 0.15) is 5.82 Å². The molecule has 1 aliphatic carbocycles. The molecule has 0 aliphatic heterocycles. The van der Waals surface area contributed by atoms with Gasteiger partial charge in [0.15, 0.2) is 0 Å². The maximum Gasteiger partial charge on any atom is 0.416 e. The van der Waals surface area contributed by atoms with Gasteiger partial charge in [0.2, 0.25) is 0 Å². The van der Waals surface area contributed by atoms with Crippen LogP contribution in [0.1, 0.15) is 29.2 Å². The second kappa shape index (κ2) is 8.70. The first-order chi connectivity index (χ1) is 16.3. The quantitative estimate of drug-likeness (QED) is 0.306. The van der Waals surface area contributed by atoms with E-state index in [0.717, 1.165) is 41.7 Å². The fraction of sp³-hybridized carbons (Fsp3) is 0.154. The number of pyridine rings is 1. The Kier molecular flexibility index (Phi) is 5.57. The van der Waals surface area contributed by atoms with E-state index in [2.05, 4.69) is 40.2 Å². The van der Waals surface area contributed by atoms with E-state index in [1.54, 1.807) is 12.1 Å². The maximum atomic E-state index is 12.7. The number of aromatic nitrogens is 1. The molecule has 5 rings (SSSR count). The third-order valence-corrected chi connectivity index (χ3v) is 5.87. The molecule has 1 aliphatic rings. The third kappa shape index (κ3) is 4.66. The Labute approximate surface area is 194 Å². The van der Waals surface area contributed by atoms with Crippen LogP contribution in [0, 0.1) is 0 Å². The summed E-state index contributed by atoms with van der Waals surface area (Å²) in [4.78, 5) is 17.0. The Balaban J connectivity index is 1.24. The van der Waals surface area contributed by atoms with E-state index in [4.69, 9.17) is 4.98 Å². The van der Waals surface area contributed by atoms with Gasteiger partial charge in [-0.25, -0.2) is 9.78 Å². The smallest absolute Gasteiger partial charge is 0.363 e. The van der Waals surface area contributed by atoms with Crippen LogP contribution in [0.4, 0.5) is 35.2 Å². The summed E-state index contributed by atoms with van der Waals surface area (Å²) in [6.07, 6.45) is -2.35. The van der Waals surface area contributed by atoms with Crippen molar-refractivity contribution in [3.8, 4) is 0 Å². The Morgan fingerprint density at radius 2 is 1.62 bits per heavy atom. The van der Waals surface area contributed by atoms with E-state index in [1.807, 2.05) is 18.2 Å². The molecule has 1 aromatic heterocycles. The van der Waals surface area contributed by atoms with Crippen LogP contribution in [-0.4, -0.2) is 11.0 Å². The molecule has 0 bridgehead atoms. The zero-order chi connectivity index (χ0) is 23.7. The number of fused-ring (bicyclic) bond motifs is 2. The van der Waals surface area contributed by atoms with Gasteiger partial charge in [0.05, 0.1) is 17.1 Å². The van der Waals surface area contributed by atoms with Gasteiger partial charge in [0.25, 0.3) is 0 Å². The molecular formula is C26H21F3N4O. The van der Waals surface area contributed by atoms with Crippen LogP contribution in [0.3, 0.4) is 0 Å². The van der Waals surface area contributed by atoms with Crippen LogP contribution in [-0.2, 0) is 12.6 Å². The van der Waals surface area contributed by atoms with Crippen molar-refractivity contribution in [3.63, 3.8) is 0 Å². The van der Waals surface area contributed by atoms with Crippen molar-refractivity contribution in [2.45, 2.75) is 25.1 Å². The topological polar surface area (TPSA) is 66.0 Å². The highest BCUT2D eigenvalue weighted by atomic mass is 19.4. The average molecular weight is 462 g/mol. The van der Waals surface area contributed by atoms with Crippen molar-refractivity contribution in [1.82, 2.24) is 4.98 Å². The number of urea groups is 1. The normalized spacial score (nSPS) is 15.1. The van der Waals surface area contributed by atoms with Crippen molar-refractivity contribution >= 4 is 34.1 Å². The molecule has 3 N–H and O–H groups in total. The first-order valence-electron chi connectivity index (χ1n) is 10.9. The number of hydrogen-bond donors (Lipinski definition) is 3. The molecule has 1 atom stereocenters. The molecule has 0 saturated heterocycles. The van der Waals surface area contributed by atoms with Crippen molar-refractivity contribution in [2.24, 2.45) is 0 Å². The molecule has 34 heavy (non-hydrogen) atoms. The Hall–Kier alpha value is -4.07.